The maximum absolute atomic E-state index is 11.9. The zero-order chi connectivity index (χ0) is 22.7. The minimum atomic E-state index is -1.30. The molecule has 4 atom stereocenters. The molecule has 6 nitrogen and oxygen atoms in total. The van der Waals surface area contributed by atoms with Gasteiger partial charge in [-0.25, -0.2) is 4.79 Å². The summed E-state index contributed by atoms with van der Waals surface area (Å²) in [6.07, 6.45) is 11.2. The molecule has 1 aromatic rings. The molecule has 0 aliphatic carbocycles. The van der Waals surface area contributed by atoms with Gasteiger partial charge in [0.05, 0.1) is 18.8 Å². The van der Waals surface area contributed by atoms with E-state index in [1.54, 1.807) is 39.8 Å². The van der Waals surface area contributed by atoms with Gasteiger partial charge < -0.3 is 24.1 Å². The van der Waals surface area contributed by atoms with Crippen LogP contribution in [0.25, 0.3) is 6.08 Å². The quantitative estimate of drug-likeness (QED) is 0.689. The summed E-state index contributed by atoms with van der Waals surface area (Å²) >= 11 is 0. The molecule has 4 unspecified atom stereocenters. The van der Waals surface area contributed by atoms with Crippen molar-refractivity contribution < 1.29 is 24.1 Å². The topological polar surface area (TPSA) is 89.1 Å². The molecule has 2 heterocycles. The lowest BCUT2D eigenvalue weighted by atomic mass is 9.86. The standard InChI is InChI=1S/C24H32O6/c1-15(14-23(5)22(26)24(6,27)18(4)30-23)12-10-8-9-11-13-19-16(2)20(28-7)17(3)21(25)29-19/h8-14,18,22,26-27H,1-7H3. The molecular weight excluding hydrogens is 384 g/mol. The highest BCUT2D eigenvalue weighted by Crippen LogP contribution is 2.39. The van der Waals surface area contributed by atoms with Gasteiger partial charge in [0, 0.05) is 5.56 Å². The Labute approximate surface area is 177 Å². The first-order valence-electron chi connectivity index (χ1n) is 9.91. The Morgan fingerprint density at radius 1 is 1.13 bits per heavy atom. The van der Waals surface area contributed by atoms with Crippen LogP contribution in [0.2, 0.25) is 0 Å². The predicted octanol–water partition coefficient (Wildman–Crippen LogP) is 3.63. The second kappa shape index (κ2) is 9.16. The summed E-state index contributed by atoms with van der Waals surface area (Å²) in [5.41, 5.74) is -0.567. The van der Waals surface area contributed by atoms with E-state index in [9.17, 15) is 15.0 Å². The lowest BCUT2D eigenvalue weighted by molar-refractivity contribution is -0.0579. The monoisotopic (exact) mass is 416 g/mol. The Bertz CT molecular complexity index is 947. The van der Waals surface area contributed by atoms with Crippen molar-refractivity contribution in [1.82, 2.24) is 0 Å². The van der Waals surface area contributed by atoms with E-state index in [0.717, 1.165) is 11.1 Å². The van der Waals surface area contributed by atoms with Crippen LogP contribution in [0.5, 0.6) is 5.75 Å². The molecule has 2 N–H and O–H groups in total. The molecule has 1 aliphatic heterocycles. The molecule has 0 bridgehead atoms. The number of hydrogen-bond acceptors (Lipinski definition) is 6. The Morgan fingerprint density at radius 3 is 2.33 bits per heavy atom. The van der Waals surface area contributed by atoms with Gasteiger partial charge in [-0.2, -0.15) is 0 Å². The van der Waals surface area contributed by atoms with E-state index in [1.807, 2.05) is 44.2 Å². The first-order valence-corrected chi connectivity index (χ1v) is 9.91. The third-order valence-corrected chi connectivity index (χ3v) is 5.57. The number of hydrogen-bond donors (Lipinski definition) is 2. The van der Waals surface area contributed by atoms with Gasteiger partial charge >= 0.3 is 5.63 Å². The second-order valence-corrected chi connectivity index (χ2v) is 8.10. The summed E-state index contributed by atoms with van der Waals surface area (Å²) < 4.78 is 16.4. The normalized spacial score (nSPS) is 30.2. The van der Waals surface area contributed by atoms with E-state index in [-0.39, 0.29) is 0 Å². The lowest BCUT2D eigenvalue weighted by Crippen LogP contribution is -2.47. The summed E-state index contributed by atoms with van der Waals surface area (Å²) in [6, 6.07) is 0. The van der Waals surface area contributed by atoms with Crippen molar-refractivity contribution in [3.05, 3.63) is 69.3 Å². The van der Waals surface area contributed by atoms with E-state index < -0.39 is 29.0 Å². The molecule has 164 valence electrons. The first kappa shape index (κ1) is 23.9. The lowest BCUT2D eigenvalue weighted by Gasteiger charge is -2.28. The van der Waals surface area contributed by atoms with Crippen LogP contribution in [0.15, 0.2) is 51.2 Å². The van der Waals surface area contributed by atoms with Crippen LogP contribution < -0.4 is 10.4 Å². The van der Waals surface area contributed by atoms with Gasteiger partial charge in [-0.1, -0.05) is 36.0 Å². The molecule has 1 aromatic heterocycles. The fourth-order valence-corrected chi connectivity index (χ4v) is 3.66. The highest BCUT2D eigenvalue weighted by Gasteiger charge is 2.55. The van der Waals surface area contributed by atoms with Crippen molar-refractivity contribution in [2.45, 2.75) is 65.0 Å². The van der Waals surface area contributed by atoms with Gasteiger partial charge in [0.2, 0.25) is 0 Å². The van der Waals surface area contributed by atoms with E-state index in [1.165, 1.54) is 7.11 Å². The maximum Gasteiger partial charge on any atom is 0.342 e. The van der Waals surface area contributed by atoms with Crippen LogP contribution in [0, 0.1) is 13.8 Å². The summed E-state index contributed by atoms with van der Waals surface area (Å²) in [4.78, 5) is 11.9. The van der Waals surface area contributed by atoms with Crippen molar-refractivity contribution in [1.29, 1.82) is 0 Å². The Kier molecular flexibility index (Phi) is 7.29. The zero-order valence-corrected chi connectivity index (χ0v) is 18.7. The molecule has 0 saturated carbocycles. The van der Waals surface area contributed by atoms with Crippen LogP contribution in [0.4, 0.5) is 0 Å². The van der Waals surface area contributed by atoms with Gasteiger partial charge in [0.1, 0.15) is 28.8 Å². The molecule has 0 amide bonds. The fraction of sp³-hybridized carbons (Fsp3) is 0.458. The predicted molar refractivity (Wildman–Crippen MR) is 118 cm³/mol. The molecular formula is C24H32O6. The van der Waals surface area contributed by atoms with E-state index >= 15 is 0 Å². The smallest absolute Gasteiger partial charge is 0.342 e. The van der Waals surface area contributed by atoms with E-state index in [4.69, 9.17) is 13.9 Å². The number of methoxy groups -OCH3 is 1. The van der Waals surface area contributed by atoms with Gasteiger partial charge in [0.25, 0.3) is 0 Å². The van der Waals surface area contributed by atoms with Crippen LogP contribution in [0.3, 0.4) is 0 Å². The zero-order valence-electron chi connectivity index (χ0n) is 18.7. The minimum Gasteiger partial charge on any atom is -0.496 e. The average Bonchev–Trinajstić information content (AvgIpc) is 2.81. The Morgan fingerprint density at radius 2 is 1.77 bits per heavy atom. The maximum atomic E-state index is 11.9. The van der Waals surface area contributed by atoms with E-state index in [0.29, 0.717) is 17.1 Å². The SMILES string of the molecule is COc1c(C)c(C=CC=CC=CC(C)=CC2(C)OC(C)C(C)(O)C2O)oc(=O)c1C. The number of aliphatic hydroxyl groups excluding tert-OH is 1. The van der Waals surface area contributed by atoms with Gasteiger partial charge in [-0.15, -0.1) is 0 Å². The molecule has 1 aliphatic rings. The third-order valence-electron chi connectivity index (χ3n) is 5.57. The summed E-state index contributed by atoms with van der Waals surface area (Å²) in [6.45, 7) is 10.5. The van der Waals surface area contributed by atoms with Crippen molar-refractivity contribution >= 4 is 6.08 Å². The molecule has 1 fully saturated rings. The Hall–Kier alpha value is -2.41. The molecule has 6 heteroatoms. The van der Waals surface area contributed by atoms with Gasteiger partial charge in [-0.3, -0.25) is 0 Å². The Balaban J connectivity index is 2.07. The summed E-state index contributed by atoms with van der Waals surface area (Å²) in [7, 11) is 1.53. The summed E-state index contributed by atoms with van der Waals surface area (Å²) in [5, 5.41) is 20.8. The number of rotatable bonds is 6. The van der Waals surface area contributed by atoms with Crippen molar-refractivity contribution in [2.24, 2.45) is 0 Å². The van der Waals surface area contributed by atoms with Crippen LogP contribution in [0.1, 0.15) is 44.6 Å². The molecule has 0 radical (unpaired) electrons. The molecule has 0 aromatic carbocycles. The first-order chi connectivity index (χ1) is 13.9. The number of aliphatic hydroxyl groups is 2. The third kappa shape index (κ3) is 4.83. The van der Waals surface area contributed by atoms with E-state index in [2.05, 4.69) is 0 Å². The van der Waals surface area contributed by atoms with Crippen molar-refractivity contribution in [3.8, 4) is 5.75 Å². The largest absolute Gasteiger partial charge is 0.496 e. The highest BCUT2D eigenvalue weighted by atomic mass is 16.6. The van der Waals surface area contributed by atoms with Gasteiger partial charge in [-0.05, 0) is 53.7 Å². The second-order valence-electron chi connectivity index (χ2n) is 8.10. The average molecular weight is 417 g/mol. The molecule has 1 saturated heterocycles. The van der Waals surface area contributed by atoms with Crippen molar-refractivity contribution in [2.75, 3.05) is 7.11 Å². The number of ether oxygens (including phenoxy) is 2. The number of allylic oxidation sites excluding steroid dienone is 6. The molecule has 30 heavy (non-hydrogen) atoms. The van der Waals surface area contributed by atoms with Crippen LogP contribution in [-0.4, -0.2) is 40.7 Å². The van der Waals surface area contributed by atoms with Gasteiger partial charge in [0.15, 0.2) is 0 Å². The fourth-order valence-electron chi connectivity index (χ4n) is 3.66. The van der Waals surface area contributed by atoms with Crippen LogP contribution >= 0.6 is 0 Å². The summed E-state index contributed by atoms with van der Waals surface area (Å²) in [5.74, 6) is 0.988. The highest BCUT2D eigenvalue weighted by molar-refractivity contribution is 5.54. The van der Waals surface area contributed by atoms with Crippen molar-refractivity contribution in [3.63, 3.8) is 0 Å². The molecule has 0 spiro atoms. The van der Waals surface area contributed by atoms with Crippen LogP contribution in [-0.2, 0) is 4.74 Å². The minimum absolute atomic E-state index is 0.417. The molecule has 2 rings (SSSR count).